The Morgan fingerprint density at radius 1 is 1.43 bits per heavy atom. The van der Waals surface area contributed by atoms with E-state index in [1.54, 1.807) is 12.1 Å². The van der Waals surface area contributed by atoms with E-state index < -0.39 is 0 Å². The summed E-state index contributed by atoms with van der Waals surface area (Å²) in [4.78, 5) is 0. The van der Waals surface area contributed by atoms with Crippen molar-refractivity contribution in [2.45, 2.75) is 6.42 Å². The lowest BCUT2D eigenvalue weighted by Crippen LogP contribution is -1.88. The van der Waals surface area contributed by atoms with E-state index >= 15 is 0 Å². The van der Waals surface area contributed by atoms with Crippen LogP contribution in [0.15, 0.2) is 18.2 Å². The zero-order chi connectivity index (χ0) is 10.4. The van der Waals surface area contributed by atoms with Crippen LogP contribution in [0.1, 0.15) is 11.1 Å². The average molecular weight is 205 g/mol. The van der Waals surface area contributed by atoms with Gasteiger partial charge in [-0.2, -0.15) is 17.9 Å². The topological polar surface area (TPSA) is 23.8 Å². The fourth-order valence-electron chi connectivity index (χ4n) is 0.996. The molecule has 0 atom stereocenters. The fraction of sp³-hybridized carbons (Fsp3) is 0.182. The Bertz CT molecular complexity index is 423. The van der Waals surface area contributed by atoms with Crippen LogP contribution in [0.5, 0.6) is 0 Å². The molecule has 0 amide bonds. The maximum Gasteiger partial charge on any atom is 0.139 e. The van der Waals surface area contributed by atoms with Gasteiger partial charge in [-0.3, -0.25) is 0 Å². The third-order valence-electron chi connectivity index (χ3n) is 1.62. The van der Waals surface area contributed by atoms with E-state index in [9.17, 15) is 4.39 Å². The molecule has 0 aromatic heterocycles. The minimum absolute atomic E-state index is 0.219. The fourth-order valence-corrected chi connectivity index (χ4v) is 1.08. The molecule has 0 heterocycles. The second kappa shape index (κ2) is 5.32. The molecule has 1 nitrogen and oxygen atoms in total. The molecular formula is C11H8FNS. The third kappa shape index (κ3) is 2.80. The number of nitrogens with zero attached hydrogens (tertiary/aromatic N) is 1. The summed E-state index contributed by atoms with van der Waals surface area (Å²) in [6.45, 7) is 0. The molecule has 1 aromatic rings. The summed E-state index contributed by atoms with van der Waals surface area (Å²) < 4.78 is 13.3. The molecule has 0 N–H and O–H groups in total. The van der Waals surface area contributed by atoms with Crippen molar-refractivity contribution in [2.24, 2.45) is 0 Å². The van der Waals surface area contributed by atoms with E-state index in [0.29, 0.717) is 16.9 Å². The quantitative estimate of drug-likeness (QED) is 0.551. The van der Waals surface area contributed by atoms with Crippen LogP contribution in [0.2, 0.25) is 0 Å². The maximum atomic E-state index is 13.3. The molecule has 0 saturated carbocycles. The van der Waals surface area contributed by atoms with E-state index in [1.165, 1.54) is 6.07 Å². The summed E-state index contributed by atoms with van der Waals surface area (Å²) in [7, 11) is 0. The summed E-state index contributed by atoms with van der Waals surface area (Å²) in [6, 6.07) is 6.58. The van der Waals surface area contributed by atoms with Crippen molar-refractivity contribution in [1.29, 1.82) is 5.26 Å². The second-order valence-corrected chi connectivity index (χ2v) is 2.93. The van der Waals surface area contributed by atoms with Gasteiger partial charge in [-0.25, -0.2) is 4.39 Å². The molecule has 0 aliphatic rings. The third-order valence-corrected chi connectivity index (χ3v) is 1.78. The van der Waals surface area contributed by atoms with Crippen LogP contribution in [-0.2, 0) is 6.42 Å². The molecular weight excluding hydrogens is 197 g/mol. The van der Waals surface area contributed by atoms with Gasteiger partial charge in [-0.05, 0) is 17.7 Å². The molecule has 14 heavy (non-hydrogen) atoms. The van der Waals surface area contributed by atoms with Crippen molar-refractivity contribution in [3.8, 4) is 17.9 Å². The Balaban J connectivity index is 2.96. The Kier molecular flexibility index (Phi) is 4.04. The standard InChI is InChI=1S/C11H8FNS/c12-11-8-9(5-6-13)3-4-10(11)2-1-7-14/h3-4,8,14H,5,7H2. The first-order chi connectivity index (χ1) is 6.77. The van der Waals surface area contributed by atoms with Crippen molar-refractivity contribution in [1.82, 2.24) is 0 Å². The smallest absolute Gasteiger partial charge is 0.139 e. The number of thiol groups is 1. The van der Waals surface area contributed by atoms with Gasteiger partial charge in [0.25, 0.3) is 0 Å². The molecule has 0 aliphatic carbocycles. The molecule has 0 aliphatic heterocycles. The Labute approximate surface area is 88.0 Å². The highest BCUT2D eigenvalue weighted by molar-refractivity contribution is 7.80. The number of nitriles is 1. The van der Waals surface area contributed by atoms with E-state index in [-0.39, 0.29) is 12.2 Å². The van der Waals surface area contributed by atoms with E-state index in [0.717, 1.165) is 0 Å². The highest BCUT2D eigenvalue weighted by atomic mass is 32.1. The molecule has 1 rings (SSSR count). The van der Waals surface area contributed by atoms with Gasteiger partial charge in [0.05, 0.1) is 23.8 Å². The first-order valence-electron chi connectivity index (χ1n) is 4.03. The molecule has 0 saturated heterocycles. The lowest BCUT2D eigenvalue weighted by molar-refractivity contribution is 0.622. The molecule has 0 spiro atoms. The highest BCUT2D eigenvalue weighted by Gasteiger charge is 2.00. The summed E-state index contributed by atoms with van der Waals surface area (Å²) in [5, 5.41) is 8.41. The molecule has 0 unspecified atom stereocenters. The average Bonchev–Trinajstić information content (AvgIpc) is 2.17. The van der Waals surface area contributed by atoms with Crippen molar-refractivity contribution in [3.63, 3.8) is 0 Å². The number of hydrogen-bond acceptors (Lipinski definition) is 2. The first kappa shape index (κ1) is 10.6. The van der Waals surface area contributed by atoms with Gasteiger partial charge in [0, 0.05) is 0 Å². The minimum atomic E-state index is -0.382. The summed E-state index contributed by atoms with van der Waals surface area (Å²) in [6.07, 6.45) is 0.219. The van der Waals surface area contributed by atoms with Gasteiger partial charge in [0.2, 0.25) is 0 Å². The highest BCUT2D eigenvalue weighted by Crippen LogP contribution is 2.09. The Morgan fingerprint density at radius 2 is 2.21 bits per heavy atom. The summed E-state index contributed by atoms with van der Waals surface area (Å²) in [5.41, 5.74) is 1.02. The van der Waals surface area contributed by atoms with Crippen LogP contribution in [0.25, 0.3) is 0 Å². The van der Waals surface area contributed by atoms with E-state index in [2.05, 4.69) is 24.5 Å². The van der Waals surface area contributed by atoms with Gasteiger partial charge in [0.1, 0.15) is 5.82 Å². The van der Waals surface area contributed by atoms with Crippen LogP contribution in [0.3, 0.4) is 0 Å². The van der Waals surface area contributed by atoms with Gasteiger partial charge in [-0.15, -0.1) is 0 Å². The van der Waals surface area contributed by atoms with E-state index in [1.807, 2.05) is 6.07 Å². The van der Waals surface area contributed by atoms with Crippen LogP contribution >= 0.6 is 12.6 Å². The van der Waals surface area contributed by atoms with Gasteiger partial charge in [-0.1, -0.05) is 17.9 Å². The Hall–Kier alpha value is -1.45. The van der Waals surface area contributed by atoms with Gasteiger partial charge < -0.3 is 0 Å². The van der Waals surface area contributed by atoms with Crippen LogP contribution in [-0.4, -0.2) is 5.75 Å². The molecule has 0 radical (unpaired) electrons. The molecule has 0 bridgehead atoms. The lowest BCUT2D eigenvalue weighted by Gasteiger charge is -1.97. The maximum absolute atomic E-state index is 13.3. The van der Waals surface area contributed by atoms with Gasteiger partial charge >= 0.3 is 0 Å². The van der Waals surface area contributed by atoms with Crippen molar-refractivity contribution < 1.29 is 4.39 Å². The van der Waals surface area contributed by atoms with Crippen molar-refractivity contribution in [3.05, 3.63) is 35.1 Å². The number of halogens is 1. The lowest BCUT2D eigenvalue weighted by atomic mass is 10.1. The zero-order valence-electron chi connectivity index (χ0n) is 7.42. The minimum Gasteiger partial charge on any atom is -0.206 e. The largest absolute Gasteiger partial charge is 0.206 e. The predicted molar refractivity (Wildman–Crippen MR) is 56.4 cm³/mol. The van der Waals surface area contributed by atoms with Crippen LogP contribution < -0.4 is 0 Å². The number of benzene rings is 1. The monoisotopic (exact) mass is 205 g/mol. The van der Waals surface area contributed by atoms with E-state index in [4.69, 9.17) is 5.26 Å². The van der Waals surface area contributed by atoms with Crippen LogP contribution in [0.4, 0.5) is 4.39 Å². The van der Waals surface area contributed by atoms with Crippen molar-refractivity contribution in [2.75, 3.05) is 5.75 Å². The summed E-state index contributed by atoms with van der Waals surface area (Å²) in [5.74, 6) is 5.33. The Morgan fingerprint density at radius 3 is 2.79 bits per heavy atom. The summed E-state index contributed by atoms with van der Waals surface area (Å²) >= 11 is 3.90. The molecule has 0 fully saturated rings. The molecule has 1 aromatic carbocycles. The normalized spacial score (nSPS) is 8.64. The SMILES string of the molecule is N#CCc1ccc(C#CCS)c(F)c1. The first-order valence-corrected chi connectivity index (χ1v) is 4.66. The van der Waals surface area contributed by atoms with Crippen LogP contribution in [0, 0.1) is 29.0 Å². The predicted octanol–water partition coefficient (Wildman–Crippen LogP) is 2.17. The van der Waals surface area contributed by atoms with Gasteiger partial charge in [0.15, 0.2) is 0 Å². The number of hydrogen-bond donors (Lipinski definition) is 1. The molecule has 3 heteroatoms. The zero-order valence-corrected chi connectivity index (χ0v) is 8.31. The second-order valence-electron chi connectivity index (χ2n) is 2.61. The molecule has 70 valence electrons. The van der Waals surface area contributed by atoms with Crippen molar-refractivity contribution >= 4 is 12.6 Å². The number of rotatable bonds is 1.